The molecule has 2 aromatic heterocycles. The summed E-state index contributed by atoms with van der Waals surface area (Å²) in [5.74, 6) is 0.867. The van der Waals surface area contributed by atoms with E-state index in [2.05, 4.69) is 34.7 Å². The Labute approximate surface area is 385 Å². The van der Waals surface area contributed by atoms with Gasteiger partial charge in [0.05, 0.1) is 6.61 Å². The van der Waals surface area contributed by atoms with Gasteiger partial charge < -0.3 is 30.2 Å². The minimum absolute atomic E-state index is 0. The molecule has 0 saturated carbocycles. The number of hydrogen-bond donors (Lipinski definition) is 1. The molecule has 0 saturated heterocycles. The van der Waals surface area contributed by atoms with E-state index in [9.17, 15) is 9.59 Å². The first kappa shape index (κ1) is 50.8. The molecular formula is C37H51BrK2O9. The number of hydrogen-bond acceptors (Lipinski definition) is 9. The van der Waals surface area contributed by atoms with Gasteiger partial charge in [-0.3, -0.25) is 4.79 Å². The Balaban J connectivity index is -0.000000657. The molecular weight excluding hydrogens is 746 g/mol. The van der Waals surface area contributed by atoms with Crippen LogP contribution in [0.25, 0.3) is 21.9 Å². The molecule has 0 atom stereocenters. The van der Waals surface area contributed by atoms with Gasteiger partial charge in [-0.1, -0.05) is 94.0 Å². The van der Waals surface area contributed by atoms with E-state index in [0.29, 0.717) is 17.8 Å². The minimum Gasteiger partial charge on any atom is -1.00 e. The molecule has 0 radical (unpaired) electrons. The van der Waals surface area contributed by atoms with Gasteiger partial charge in [0.2, 0.25) is 0 Å². The van der Waals surface area contributed by atoms with E-state index in [4.69, 9.17) is 28.7 Å². The SMILES string of the molecule is CCCCCCCCBr.CCCCCCCCOc1ccc2c(C)cc(=O)oc2c1.Cc1cc(=O)oc2cc(O)ccc12.O=CO[O-].[H-].[K+].[K+]. The van der Waals surface area contributed by atoms with Crippen molar-refractivity contribution >= 4 is 44.3 Å². The molecule has 0 amide bonds. The third-order valence-electron chi connectivity index (χ3n) is 7.15. The van der Waals surface area contributed by atoms with Gasteiger partial charge in [0.15, 0.2) is 0 Å². The molecule has 4 rings (SSSR count). The van der Waals surface area contributed by atoms with E-state index in [1.54, 1.807) is 18.2 Å². The van der Waals surface area contributed by atoms with Crippen molar-refractivity contribution < 1.29 is 138 Å². The number of halogens is 1. The standard InChI is InChI=1S/C18H24O3.C10H8O3.C8H17Br.CH2O3.2K.H/c1-3-4-5-6-7-8-11-20-15-9-10-16-14(2)12-18(19)21-17(16)13-15;1-6-4-10(12)13-9-5-7(11)2-3-8(6)9;1-2-3-4-5-6-7-8-9;2-1-4-3;;;/h9-10,12-13H,3-8,11H2,1-2H3;2-5,11H,1H3;2-8H2,1H3;1,3H;;;/q;;;;2*+1;-1/p-1. The summed E-state index contributed by atoms with van der Waals surface area (Å²) in [7, 11) is 0. The molecule has 0 aliphatic carbocycles. The Morgan fingerprint density at radius 3 is 1.67 bits per heavy atom. The summed E-state index contributed by atoms with van der Waals surface area (Å²) in [5, 5.41) is 20.6. The topological polar surface area (TPSA) is 139 Å². The average Bonchev–Trinajstić information content (AvgIpc) is 3.04. The predicted octanol–water partition coefficient (Wildman–Crippen LogP) is 2.94. The summed E-state index contributed by atoms with van der Waals surface area (Å²) in [5.41, 5.74) is 2.10. The van der Waals surface area contributed by atoms with Crippen molar-refractivity contribution in [1.82, 2.24) is 0 Å². The van der Waals surface area contributed by atoms with Gasteiger partial charge >= 0.3 is 114 Å². The van der Waals surface area contributed by atoms with Crippen LogP contribution in [0, 0.1) is 13.8 Å². The Kier molecular flexibility index (Phi) is 33.5. The van der Waals surface area contributed by atoms with Gasteiger partial charge in [-0.25, -0.2) is 9.59 Å². The van der Waals surface area contributed by atoms with Gasteiger partial charge in [0, 0.05) is 40.4 Å². The van der Waals surface area contributed by atoms with Crippen LogP contribution in [0.5, 0.6) is 11.5 Å². The normalized spacial score (nSPS) is 9.76. The first-order valence-electron chi connectivity index (χ1n) is 16.4. The van der Waals surface area contributed by atoms with Crippen LogP contribution < -0.4 is 124 Å². The van der Waals surface area contributed by atoms with Gasteiger partial charge in [-0.05, 0) is 62.1 Å². The van der Waals surface area contributed by atoms with Crippen molar-refractivity contribution in [3.63, 3.8) is 0 Å². The zero-order valence-electron chi connectivity index (χ0n) is 31.2. The third-order valence-corrected chi connectivity index (χ3v) is 7.71. The first-order chi connectivity index (χ1) is 22.7. The number of phenolic OH excluding ortho intramolecular Hbond substituents is 1. The number of benzene rings is 2. The summed E-state index contributed by atoms with van der Waals surface area (Å²) in [6, 6.07) is 13.4. The fourth-order valence-corrected chi connectivity index (χ4v) is 5.05. The first-order valence-corrected chi connectivity index (χ1v) is 17.5. The van der Waals surface area contributed by atoms with Crippen LogP contribution >= 0.6 is 15.9 Å². The number of ether oxygens (including phenoxy) is 1. The van der Waals surface area contributed by atoms with Crippen LogP contribution in [0.4, 0.5) is 0 Å². The van der Waals surface area contributed by atoms with Crippen LogP contribution in [0.15, 0.2) is 67.0 Å². The quantitative estimate of drug-likeness (QED) is 0.0366. The molecule has 12 heteroatoms. The number of unbranched alkanes of at least 4 members (excludes halogenated alkanes) is 10. The zero-order valence-corrected chi connectivity index (χ0v) is 38.0. The number of alkyl halides is 1. The smallest absolute Gasteiger partial charge is 1.00 e. The minimum atomic E-state index is -0.393. The number of rotatable bonds is 15. The van der Waals surface area contributed by atoms with E-state index in [1.807, 2.05) is 26.0 Å². The number of carbonyl (C=O) groups excluding carboxylic acids is 1. The van der Waals surface area contributed by atoms with Crippen LogP contribution in [-0.4, -0.2) is 23.5 Å². The Hall–Kier alpha value is -0.357. The van der Waals surface area contributed by atoms with Crippen molar-refractivity contribution in [3.8, 4) is 11.5 Å². The van der Waals surface area contributed by atoms with Crippen LogP contribution in [0.1, 0.15) is 103 Å². The maximum absolute atomic E-state index is 11.4. The maximum Gasteiger partial charge on any atom is 1.00 e. The van der Waals surface area contributed by atoms with Crippen molar-refractivity contribution in [1.29, 1.82) is 0 Å². The maximum atomic E-state index is 11.4. The summed E-state index contributed by atoms with van der Waals surface area (Å²) in [6.07, 6.45) is 15.9. The number of phenols is 1. The second-order valence-electron chi connectivity index (χ2n) is 11.1. The largest absolute Gasteiger partial charge is 1.00 e. The van der Waals surface area contributed by atoms with E-state index in [0.717, 1.165) is 34.1 Å². The van der Waals surface area contributed by atoms with E-state index in [1.165, 1.54) is 94.2 Å². The van der Waals surface area contributed by atoms with Crippen molar-refractivity contribution in [3.05, 3.63) is 80.5 Å². The zero-order chi connectivity index (χ0) is 34.9. The molecule has 0 aliphatic heterocycles. The molecule has 2 heterocycles. The van der Waals surface area contributed by atoms with Crippen LogP contribution in [0.3, 0.4) is 0 Å². The summed E-state index contributed by atoms with van der Waals surface area (Å²) in [6.45, 7) is 8.76. The van der Waals surface area contributed by atoms with Gasteiger partial charge in [-0.2, -0.15) is 0 Å². The van der Waals surface area contributed by atoms with Crippen LogP contribution in [-0.2, 0) is 9.68 Å². The number of aryl methyl sites for hydroxylation is 2. The number of carbonyl (C=O) groups is 1. The molecule has 262 valence electrons. The van der Waals surface area contributed by atoms with E-state index >= 15 is 0 Å². The molecule has 0 unspecified atom stereocenters. The Morgan fingerprint density at radius 2 is 1.18 bits per heavy atom. The molecule has 0 aliphatic rings. The van der Waals surface area contributed by atoms with Gasteiger partial charge in [0.25, 0.3) is 6.47 Å². The average molecular weight is 798 g/mol. The Morgan fingerprint density at radius 1 is 0.735 bits per heavy atom. The fraction of sp³-hybridized carbons (Fsp3) is 0.486. The van der Waals surface area contributed by atoms with E-state index in [-0.39, 0.29) is 122 Å². The molecule has 49 heavy (non-hydrogen) atoms. The van der Waals surface area contributed by atoms with Crippen molar-refractivity contribution in [2.75, 3.05) is 11.9 Å². The number of aromatic hydroxyl groups is 1. The van der Waals surface area contributed by atoms with Gasteiger partial charge in [-0.15, -0.1) is 0 Å². The summed E-state index contributed by atoms with van der Waals surface area (Å²) >= 11 is 3.42. The van der Waals surface area contributed by atoms with Crippen molar-refractivity contribution in [2.45, 2.75) is 105 Å². The monoisotopic (exact) mass is 796 g/mol. The number of fused-ring (bicyclic) bond motifs is 2. The fourth-order valence-electron chi connectivity index (χ4n) is 4.66. The molecule has 1 N–H and O–H groups in total. The molecule has 0 bridgehead atoms. The molecule has 0 fully saturated rings. The second-order valence-corrected chi connectivity index (χ2v) is 11.9. The molecule has 9 nitrogen and oxygen atoms in total. The predicted molar refractivity (Wildman–Crippen MR) is 190 cm³/mol. The third kappa shape index (κ3) is 23.0. The second kappa shape index (κ2) is 32.3. The molecule has 2 aromatic carbocycles. The summed E-state index contributed by atoms with van der Waals surface area (Å²) in [4.78, 5) is 33.6. The Bertz CT molecular complexity index is 1560. The van der Waals surface area contributed by atoms with Crippen molar-refractivity contribution in [2.24, 2.45) is 0 Å². The van der Waals surface area contributed by atoms with Crippen LogP contribution in [0.2, 0.25) is 0 Å². The van der Waals surface area contributed by atoms with Gasteiger partial charge in [0.1, 0.15) is 22.7 Å². The molecule has 4 aromatic rings. The molecule has 0 spiro atoms. The summed E-state index contributed by atoms with van der Waals surface area (Å²) < 4.78 is 15.9. The van der Waals surface area contributed by atoms with E-state index < -0.39 is 5.63 Å².